The number of halogens is 1. The number of rotatable bonds is 3. The Morgan fingerprint density at radius 3 is 2.83 bits per heavy atom. The first-order valence-corrected chi connectivity index (χ1v) is 8.36. The predicted octanol–water partition coefficient (Wildman–Crippen LogP) is 2.60. The molecular formula is C16H20IN3O3. The molecule has 2 amide bonds. The maximum atomic E-state index is 12.4. The summed E-state index contributed by atoms with van der Waals surface area (Å²) in [5.41, 5.74) is 1.66. The quantitative estimate of drug-likeness (QED) is 0.726. The van der Waals surface area contributed by atoms with Gasteiger partial charge in [0, 0.05) is 22.6 Å². The molecule has 1 aromatic rings. The fourth-order valence-corrected chi connectivity index (χ4v) is 2.91. The van der Waals surface area contributed by atoms with Gasteiger partial charge in [-0.25, -0.2) is 10.2 Å². The highest BCUT2D eigenvalue weighted by atomic mass is 127. The number of hydrogen-bond donors (Lipinski definition) is 2. The summed E-state index contributed by atoms with van der Waals surface area (Å²) in [4.78, 5) is 24.6. The molecule has 0 aliphatic carbocycles. The number of hydrazone groups is 1. The van der Waals surface area contributed by atoms with Crippen LogP contribution in [0.5, 0.6) is 0 Å². The normalized spacial score (nSPS) is 20.8. The smallest absolute Gasteiger partial charge is 0.408 e. The first-order valence-electron chi connectivity index (χ1n) is 7.28. The highest BCUT2D eigenvalue weighted by Gasteiger charge is 2.42. The molecule has 1 unspecified atom stereocenters. The summed E-state index contributed by atoms with van der Waals surface area (Å²) in [7, 11) is 0. The van der Waals surface area contributed by atoms with Crippen LogP contribution in [0, 0.1) is 3.57 Å². The largest absolute Gasteiger partial charge is 0.444 e. The minimum Gasteiger partial charge on any atom is -0.444 e. The molecule has 6 nitrogen and oxygen atoms in total. The summed E-state index contributed by atoms with van der Waals surface area (Å²) in [5, 5.41) is 6.52. The average Bonchev–Trinajstić information content (AvgIpc) is 2.40. The van der Waals surface area contributed by atoms with E-state index >= 15 is 0 Å². The third kappa shape index (κ3) is 4.92. The Balaban J connectivity index is 2.24. The van der Waals surface area contributed by atoms with Gasteiger partial charge in [0.1, 0.15) is 11.1 Å². The monoisotopic (exact) mass is 429 g/mol. The summed E-state index contributed by atoms with van der Waals surface area (Å²) < 4.78 is 6.37. The van der Waals surface area contributed by atoms with E-state index in [-0.39, 0.29) is 5.91 Å². The minimum absolute atomic E-state index is 0.309. The standard InChI is InChI=1S/C16H20IN3O3/c1-15(2,3)23-14(22)19-16(7-8-18-20-13(16)21)10-11-5-4-6-12(17)9-11/h4-6,8-9H,7,10H2,1-3H3,(H,19,22)(H,20,21). The number of carbonyl (C=O) groups is 2. The Bertz CT molecular complexity index is 640. The van der Waals surface area contributed by atoms with E-state index in [1.807, 2.05) is 24.3 Å². The van der Waals surface area contributed by atoms with Gasteiger partial charge < -0.3 is 10.1 Å². The second kappa shape index (κ2) is 6.86. The van der Waals surface area contributed by atoms with Gasteiger partial charge in [0.2, 0.25) is 0 Å². The summed E-state index contributed by atoms with van der Waals surface area (Å²) in [6.07, 6.45) is 1.64. The number of nitrogens with zero attached hydrogens (tertiary/aromatic N) is 1. The molecule has 1 aromatic carbocycles. The van der Waals surface area contributed by atoms with Crippen molar-refractivity contribution in [3.05, 3.63) is 33.4 Å². The van der Waals surface area contributed by atoms with Crippen molar-refractivity contribution in [3.63, 3.8) is 0 Å². The van der Waals surface area contributed by atoms with Gasteiger partial charge in [0.25, 0.3) is 5.91 Å². The van der Waals surface area contributed by atoms with Crippen molar-refractivity contribution in [1.29, 1.82) is 0 Å². The molecule has 1 aliphatic rings. The maximum Gasteiger partial charge on any atom is 0.408 e. The molecule has 0 fully saturated rings. The molecule has 1 atom stereocenters. The Kier molecular flexibility index (Phi) is 5.28. The van der Waals surface area contributed by atoms with Crippen molar-refractivity contribution in [2.75, 3.05) is 0 Å². The van der Waals surface area contributed by atoms with E-state index in [0.29, 0.717) is 12.8 Å². The van der Waals surface area contributed by atoms with Crippen LogP contribution in [-0.4, -0.2) is 29.4 Å². The van der Waals surface area contributed by atoms with E-state index in [2.05, 4.69) is 38.4 Å². The molecule has 0 bridgehead atoms. The van der Waals surface area contributed by atoms with Crippen LogP contribution in [0.2, 0.25) is 0 Å². The van der Waals surface area contributed by atoms with Gasteiger partial charge in [-0.1, -0.05) is 12.1 Å². The van der Waals surface area contributed by atoms with Crippen LogP contribution in [0.3, 0.4) is 0 Å². The van der Waals surface area contributed by atoms with Crippen molar-refractivity contribution < 1.29 is 14.3 Å². The molecule has 124 valence electrons. The van der Waals surface area contributed by atoms with E-state index in [9.17, 15) is 9.59 Å². The second-order valence-corrected chi connectivity index (χ2v) is 7.72. The molecule has 0 aromatic heterocycles. The fourth-order valence-electron chi connectivity index (χ4n) is 2.30. The molecule has 2 rings (SSSR count). The molecule has 0 saturated heterocycles. The lowest BCUT2D eigenvalue weighted by atomic mass is 9.86. The number of alkyl carbamates (subject to hydrolysis) is 1. The summed E-state index contributed by atoms with van der Waals surface area (Å²) in [6.45, 7) is 5.34. The number of ether oxygens (including phenoxy) is 1. The van der Waals surface area contributed by atoms with Gasteiger partial charge in [0.05, 0.1) is 0 Å². The van der Waals surface area contributed by atoms with Gasteiger partial charge in [0.15, 0.2) is 0 Å². The lowest BCUT2D eigenvalue weighted by Gasteiger charge is -2.34. The maximum absolute atomic E-state index is 12.4. The first kappa shape index (κ1) is 17.7. The highest BCUT2D eigenvalue weighted by Crippen LogP contribution is 2.22. The third-order valence-electron chi connectivity index (χ3n) is 3.27. The summed E-state index contributed by atoms with van der Waals surface area (Å²) >= 11 is 2.21. The molecule has 0 spiro atoms. The van der Waals surface area contributed by atoms with E-state index < -0.39 is 17.2 Å². The Morgan fingerprint density at radius 2 is 2.22 bits per heavy atom. The lowest BCUT2D eigenvalue weighted by molar-refractivity contribution is -0.128. The third-order valence-corrected chi connectivity index (χ3v) is 3.94. The zero-order valence-electron chi connectivity index (χ0n) is 13.4. The van der Waals surface area contributed by atoms with Gasteiger partial charge in [-0.3, -0.25) is 4.79 Å². The number of amides is 2. The Labute approximate surface area is 149 Å². The number of nitrogens with one attached hydrogen (secondary N) is 2. The van der Waals surface area contributed by atoms with E-state index in [1.54, 1.807) is 27.0 Å². The molecular weight excluding hydrogens is 409 g/mol. The average molecular weight is 429 g/mol. The summed E-state index contributed by atoms with van der Waals surface area (Å²) in [5.74, 6) is -0.343. The molecule has 1 aliphatic heterocycles. The highest BCUT2D eigenvalue weighted by molar-refractivity contribution is 14.1. The van der Waals surface area contributed by atoms with Crippen molar-refractivity contribution >= 4 is 40.8 Å². The van der Waals surface area contributed by atoms with Crippen LogP contribution in [0.15, 0.2) is 29.4 Å². The minimum atomic E-state index is -1.10. The van der Waals surface area contributed by atoms with Crippen molar-refractivity contribution in [2.45, 2.75) is 44.8 Å². The van der Waals surface area contributed by atoms with Crippen LogP contribution < -0.4 is 10.7 Å². The van der Waals surface area contributed by atoms with Crippen molar-refractivity contribution in [3.8, 4) is 0 Å². The number of hydrogen-bond acceptors (Lipinski definition) is 4. The van der Waals surface area contributed by atoms with Gasteiger partial charge in [-0.2, -0.15) is 5.10 Å². The van der Waals surface area contributed by atoms with Crippen molar-refractivity contribution in [1.82, 2.24) is 10.7 Å². The molecule has 7 heteroatoms. The zero-order valence-corrected chi connectivity index (χ0v) is 15.5. The van der Waals surface area contributed by atoms with Crippen molar-refractivity contribution in [2.24, 2.45) is 5.10 Å². The SMILES string of the molecule is CC(C)(C)OC(=O)NC1(Cc2cccc(I)c2)CC=NNC1=O. The molecule has 23 heavy (non-hydrogen) atoms. The van der Waals surface area contributed by atoms with Crippen LogP contribution in [-0.2, 0) is 16.0 Å². The molecule has 1 heterocycles. The van der Waals surface area contributed by atoms with Gasteiger partial charge in [-0.15, -0.1) is 0 Å². The van der Waals surface area contributed by atoms with E-state index in [0.717, 1.165) is 9.13 Å². The molecule has 2 N–H and O–H groups in total. The fraction of sp³-hybridized carbons (Fsp3) is 0.438. The molecule has 0 radical (unpaired) electrons. The van der Waals surface area contributed by atoms with Crippen LogP contribution in [0.4, 0.5) is 4.79 Å². The van der Waals surface area contributed by atoms with Crippen LogP contribution in [0.25, 0.3) is 0 Å². The number of carbonyl (C=O) groups excluding carboxylic acids is 2. The van der Waals surface area contributed by atoms with E-state index in [4.69, 9.17) is 4.74 Å². The van der Waals surface area contributed by atoms with Crippen LogP contribution in [0.1, 0.15) is 32.8 Å². The zero-order chi connectivity index (χ0) is 17.1. The lowest BCUT2D eigenvalue weighted by Crippen LogP contribution is -2.61. The Hall–Kier alpha value is -1.64. The first-order chi connectivity index (χ1) is 10.7. The van der Waals surface area contributed by atoms with Gasteiger partial charge >= 0.3 is 6.09 Å². The Morgan fingerprint density at radius 1 is 1.48 bits per heavy atom. The predicted molar refractivity (Wildman–Crippen MR) is 96.2 cm³/mol. The molecule has 0 saturated carbocycles. The summed E-state index contributed by atoms with van der Waals surface area (Å²) in [6, 6.07) is 7.81. The topological polar surface area (TPSA) is 79.8 Å². The van der Waals surface area contributed by atoms with Crippen LogP contribution >= 0.6 is 22.6 Å². The van der Waals surface area contributed by atoms with E-state index in [1.165, 1.54) is 0 Å². The second-order valence-electron chi connectivity index (χ2n) is 6.47. The van der Waals surface area contributed by atoms with Gasteiger partial charge in [-0.05, 0) is 61.1 Å². The number of benzene rings is 1.